The van der Waals surface area contributed by atoms with Crippen LogP contribution in [0.4, 0.5) is 0 Å². The Morgan fingerprint density at radius 3 is 1.54 bits per heavy atom. The molecule has 0 atom stereocenters. The number of aromatic nitrogens is 3. The standard InChI is InChI=1S/C23H21N3/c1-17-8-12-20(13-9-17)22-24-25-23(21-14-10-18(2)11-15-21)26(22)16-19-6-4-3-5-7-19/h3-15H,16H2,1-2H3. The Labute approximate surface area is 154 Å². The van der Waals surface area contributed by atoms with Crippen LogP contribution < -0.4 is 0 Å². The molecular formula is C23H21N3. The second-order valence-electron chi connectivity index (χ2n) is 6.65. The Bertz CT molecular complexity index is 935. The largest absolute Gasteiger partial charge is 0.303 e. The smallest absolute Gasteiger partial charge is 0.164 e. The van der Waals surface area contributed by atoms with Crippen molar-refractivity contribution in [2.45, 2.75) is 20.4 Å². The molecule has 0 radical (unpaired) electrons. The molecule has 0 saturated carbocycles. The van der Waals surface area contributed by atoms with Gasteiger partial charge in [-0.2, -0.15) is 0 Å². The molecule has 0 bridgehead atoms. The molecule has 0 amide bonds. The Hall–Kier alpha value is -3.20. The number of nitrogens with zero attached hydrogens (tertiary/aromatic N) is 3. The van der Waals surface area contributed by atoms with E-state index in [1.807, 2.05) is 6.07 Å². The van der Waals surface area contributed by atoms with Crippen LogP contribution in [-0.4, -0.2) is 14.8 Å². The molecule has 0 N–H and O–H groups in total. The number of rotatable bonds is 4. The van der Waals surface area contributed by atoms with Gasteiger partial charge in [-0.15, -0.1) is 10.2 Å². The maximum atomic E-state index is 4.52. The normalized spacial score (nSPS) is 10.8. The highest BCUT2D eigenvalue weighted by atomic mass is 15.3. The molecule has 0 aliphatic carbocycles. The van der Waals surface area contributed by atoms with Gasteiger partial charge in [0.25, 0.3) is 0 Å². The third kappa shape index (κ3) is 3.29. The highest BCUT2D eigenvalue weighted by molar-refractivity contribution is 5.63. The Morgan fingerprint density at radius 1 is 0.615 bits per heavy atom. The van der Waals surface area contributed by atoms with Gasteiger partial charge in [0.2, 0.25) is 0 Å². The van der Waals surface area contributed by atoms with E-state index in [1.165, 1.54) is 16.7 Å². The van der Waals surface area contributed by atoms with Crippen molar-refractivity contribution in [1.29, 1.82) is 0 Å². The van der Waals surface area contributed by atoms with Gasteiger partial charge in [0, 0.05) is 11.1 Å². The summed E-state index contributed by atoms with van der Waals surface area (Å²) in [6.45, 7) is 4.92. The maximum Gasteiger partial charge on any atom is 0.164 e. The van der Waals surface area contributed by atoms with Gasteiger partial charge in [0.15, 0.2) is 11.6 Å². The van der Waals surface area contributed by atoms with E-state index in [4.69, 9.17) is 0 Å². The molecule has 0 spiro atoms. The molecular weight excluding hydrogens is 318 g/mol. The average molecular weight is 339 g/mol. The van der Waals surface area contributed by atoms with Gasteiger partial charge in [0.05, 0.1) is 6.54 Å². The number of hydrogen-bond donors (Lipinski definition) is 0. The minimum absolute atomic E-state index is 0.736. The molecule has 3 heteroatoms. The lowest BCUT2D eigenvalue weighted by Gasteiger charge is -2.11. The summed E-state index contributed by atoms with van der Waals surface area (Å²) in [5.74, 6) is 1.79. The lowest BCUT2D eigenvalue weighted by Crippen LogP contribution is -2.04. The van der Waals surface area contributed by atoms with E-state index in [1.54, 1.807) is 0 Å². The van der Waals surface area contributed by atoms with Gasteiger partial charge in [-0.3, -0.25) is 0 Å². The lowest BCUT2D eigenvalue weighted by molar-refractivity contribution is 0.812. The molecule has 0 saturated heterocycles. The molecule has 1 aromatic heterocycles. The molecule has 0 aliphatic heterocycles. The topological polar surface area (TPSA) is 30.7 Å². The van der Waals surface area contributed by atoms with Gasteiger partial charge in [-0.05, 0) is 19.4 Å². The van der Waals surface area contributed by atoms with E-state index in [0.29, 0.717) is 0 Å². The average Bonchev–Trinajstić information content (AvgIpc) is 3.07. The van der Waals surface area contributed by atoms with E-state index in [2.05, 4.69) is 101 Å². The summed E-state index contributed by atoms with van der Waals surface area (Å²) in [5, 5.41) is 9.05. The second-order valence-corrected chi connectivity index (χ2v) is 6.65. The van der Waals surface area contributed by atoms with Gasteiger partial charge in [-0.25, -0.2) is 0 Å². The maximum absolute atomic E-state index is 4.52. The molecule has 3 nitrogen and oxygen atoms in total. The second kappa shape index (κ2) is 6.96. The molecule has 128 valence electrons. The van der Waals surface area contributed by atoms with Crippen molar-refractivity contribution >= 4 is 0 Å². The minimum atomic E-state index is 0.736. The van der Waals surface area contributed by atoms with Crippen LogP contribution in [0.25, 0.3) is 22.8 Å². The van der Waals surface area contributed by atoms with Crippen molar-refractivity contribution in [3.8, 4) is 22.8 Å². The summed E-state index contributed by atoms with van der Waals surface area (Å²) in [7, 11) is 0. The van der Waals surface area contributed by atoms with Crippen LogP contribution in [0.1, 0.15) is 16.7 Å². The fraction of sp³-hybridized carbons (Fsp3) is 0.130. The zero-order chi connectivity index (χ0) is 17.9. The van der Waals surface area contributed by atoms with Crippen LogP contribution in [0, 0.1) is 13.8 Å². The van der Waals surface area contributed by atoms with Gasteiger partial charge < -0.3 is 4.57 Å². The molecule has 1 heterocycles. The molecule has 0 fully saturated rings. The van der Waals surface area contributed by atoms with E-state index < -0.39 is 0 Å². The lowest BCUT2D eigenvalue weighted by atomic mass is 10.1. The third-order valence-electron chi connectivity index (χ3n) is 4.55. The van der Waals surface area contributed by atoms with Crippen molar-refractivity contribution in [2.75, 3.05) is 0 Å². The Morgan fingerprint density at radius 2 is 1.08 bits per heavy atom. The molecule has 4 aromatic rings. The summed E-state index contributed by atoms with van der Waals surface area (Å²) < 4.78 is 2.20. The summed E-state index contributed by atoms with van der Waals surface area (Å²) in [6, 6.07) is 27.3. The highest BCUT2D eigenvalue weighted by Gasteiger charge is 2.15. The van der Waals surface area contributed by atoms with E-state index in [0.717, 1.165) is 29.3 Å². The molecule has 0 aliphatic rings. The predicted octanol–water partition coefficient (Wildman–Crippen LogP) is 5.28. The first-order valence-corrected chi connectivity index (χ1v) is 8.82. The van der Waals surface area contributed by atoms with Crippen molar-refractivity contribution in [1.82, 2.24) is 14.8 Å². The minimum Gasteiger partial charge on any atom is -0.303 e. The van der Waals surface area contributed by atoms with Crippen molar-refractivity contribution in [3.63, 3.8) is 0 Å². The predicted molar refractivity (Wildman–Crippen MR) is 106 cm³/mol. The molecule has 4 rings (SSSR count). The Kier molecular flexibility index (Phi) is 4.36. The van der Waals surface area contributed by atoms with Gasteiger partial charge >= 0.3 is 0 Å². The van der Waals surface area contributed by atoms with Crippen molar-refractivity contribution < 1.29 is 0 Å². The van der Waals surface area contributed by atoms with E-state index >= 15 is 0 Å². The van der Waals surface area contributed by atoms with Crippen LogP contribution >= 0.6 is 0 Å². The Balaban J connectivity index is 1.83. The molecule has 26 heavy (non-hydrogen) atoms. The number of benzene rings is 3. The van der Waals surface area contributed by atoms with Crippen LogP contribution in [-0.2, 0) is 6.54 Å². The summed E-state index contributed by atoms with van der Waals surface area (Å²) >= 11 is 0. The molecule has 0 unspecified atom stereocenters. The fourth-order valence-corrected chi connectivity index (χ4v) is 3.05. The van der Waals surface area contributed by atoms with Crippen molar-refractivity contribution in [2.24, 2.45) is 0 Å². The number of aryl methyl sites for hydroxylation is 2. The van der Waals surface area contributed by atoms with Crippen LogP contribution in [0.2, 0.25) is 0 Å². The van der Waals surface area contributed by atoms with Crippen LogP contribution in [0.3, 0.4) is 0 Å². The van der Waals surface area contributed by atoms with E-state index in [-0.39, 0.29) is 0 Å². The highest BCUT2D eigenvalue weighted by Crippen LogP contribution is 2.26. The van der Waals surface area contributed by atoms with Gasteiger partial charge in [0.1, 0.15) is 0 Å². The summed E-state index contributed by atoms with van der Waals surface area (Å²) in [5.41, 5.74) is 5.87. The first-order valence-electron chi connectivity index (χ1n) is 8.82. The zero-order valence-corrected chi connectivity index (χ0v) is 15.1. The number of hydrogen-bond acceptors (Lipinski definition) is 2. The first kappa shape index (κ1) is 16.3. The van der Waals surface area contributed by atoms with Crippen molar-refractivity contribution in [3.05, 3.63) is 95.6 Å². The SMILES string of the molecule is Cc1ccc(-c2nnc(-c3ccc(C)cc3)n2Cc2ccccc2)cc1. The fourth-order valence-electron chi connectivity index (χ4n) is 3.05. The van der Waals surface area contributed by atoms with E-state index in [9.17, 15) is 0 Å². The summed E-state index contributed by atoms with van der Waals surface area (Å²) in [4.78, 5) is 0. The summed E-state index contributed by atoms with van der Waals surface area (Å²) in [6.07, 6.45) is 0. The zero-order valence-electron chi connectivity index (χ0n) is 15.1. The van der Waals surface area contributed by atoms with Crippen LogP contribution in [0.5, 0.6) is 0 Å². The molecule has 3 aromatic carbocycles. The van der Waals surface area contributed by atoms with Gasteiger partial charge in [-0.1, -0.05) is 90.0 Å². The first-order chi connectivity index (χ1) is 12.7. The monoisotopic (exact) mass is 339 g/mol. The third-order valence-corrected chi connectivity index (χ3v) is 4.55. The van der Waals surface area contributed by atoms with Crippen LogP contribution in [0.15, 0.2) is 78.9 Å². The quantitative estimate of drug-likeness (QED) is 0.506.